The number of nitrogens with zero attached hydrogens (tertiary/aromatic N) is 4. The van der Waals surface area contributed by atoms with E-state index in [1.165, 1.54) is 24.8 Å². The van der Waals surface area contributed by atoms with E-state index in [1.54, 1.807) is 37.1 Å². The number of carbonyl (C=O) groups is 3. The number of piperidine rings is 1. The average molecular weight is 667 g/mol. The van der Waals surface area contributed by atoms with Crippen molar-refractivity contribution in [2.75, 3.05) is 45.7 Å². The van der Waals surface area contributed by atoms with Crippen LogP contribution in [0.3, 0.4) is 0 Å². The Morgan fingerprint density at radius 3 is 2.47 bits per heavy atom. The Labute approximate surface area is 277 Å². The first-order chi connectivity index (χ1) is 22.5. The van der Waals surface area contributed by atoms with Gasteiger partial charge in [-0.25, -0.2) is 9.59 Å². The van der Waals surface area contributed by atoms with Crippen molar-refractivity contribution in [3.63, 3.8) is 0 Å². The van der Waals surface area contributed by atoms with Crippen molar-refractivity contribution in [3.8, 4) is 22.6 Å². The number of anilines is 1. The molecule has 2 aliphatic heterocycles. The highest BCUT2D eigenvalue weighted by atomic mass is 35.5. The Morgan fingerprint density at radius 1 is 1.04 bits per heavy atom. The minimum Gasteiger partial charge on any atom is -0.497 e. The van der Waals surface area contributed by atoms with E-state index < -0.39 is 17.3 Å². The summed E-state index contributed by atoms with van der Waals surface area (Å²) in [7, 11) is 3.06. The molecule has 0 aliphatic carbocycles. The van der Waals surface area contributed by atoms with Gasteiger partial charge in [0.05, 0.1) is 30.8 Å². The summed E-state index contributed by atoms with van der Waals surface area (Å²) >= 11 is 6.58. The molecule has 1 atom stereocenters. The number of rotatable bonds is 9. The highest BCUT2D eigenvalue weighted by Gasteiger charge is 2.32. The zero-order valence-corrected chi connectivity index (χ0v) is 27.6. The highest BCUT2D eigenvalue weighted by Crippen LogP contribution is 2.33. The molecule has 47 heavy (non-hydrogen) atoms. The van der Waals surface area contributed by atoms with Crippen molar-refractivity contribution < 1.29 is 23.9 Å². The SMILES string of the molecule is COc1ccc2c(c1)CCN(C1CCN(C(=O)Cn3cc(-c4cccc(OC)c4Cl)c(=O)n([C@@H](C)CNC(C)=O)c3=O)CC1)C(=O)N2. The molecular formula is C33H39ClN6O7. The van der Waals surface area contributed by atoms with Crippen LogP contribution in [0.2, 0.25) is 5.02 Å². The average Bonchev–Trinajstić information content (AvgIpc) is 3.22. The van der Waals surface area contributed by atoms with Gasteiger partial charge in [-0.05, 0) is 56.0 Å². The van der Waals surface area contributed by atoms with Crippen molar-refractivity contribution in [3.05, 3.63) is 74.0 Å². The molecule has 3 heterocycles. The molecule has 2 N–H and O–H groups in total. The third-order valence-electron chi connectivity index (χ3n) is 8.75. The number of benzene rings is 2. The number of aromatic nitrogens is 2. The van der Waals surface area contributed by atoms with Crippen LogP contribution in [0, 0.1) is 0 Å². The van der Waals surface area contributed by atoms with Gasteiger partial charge in [-0.3, -0.25) is 23.5 Å². The summed E-state index contributed by atoms with van der Waals surface area (Å²) in [6.07, 6.45) is 3.17. The fraction of sp³-hybridized carbons (Fsp3) is 0.424. The lowest BCUT2D eigenvalue weighted by atomic mass is 10.0. The lowest BCUT2D eigenvalue weighted by molar-refractivity contribution is -0.133. The van der Waals surface area contributed by atoms with Crippen molar-refractivity contribution in [1.82, 2.24) is 24.3 Å². The molecule has 0 bridgehead atoms. The van der Waals surface area contributed by atoms with E-state index in [9.17, 15) is 24.0 Å². The van der Waals surface area contributed by atoms with Crippen molar-refractivity contribution in [2.24, 2.45) is 0 Å². The zero-order valence-electron chi connectivity index (χ0n) is 26.9. The van der Waals surface area contributed by atoms with Gasteiger partial charge >= 0.3 is 11.7 Å². The topological polar surface area (TPSA) is 144 Å². The maximum Gasteiger partial charge on any atom is 0.331 e. The van der Waals surface area contributed by atoms with Gasteiger partial charge in [0.2, 0.25) is 11.8 Å². The van der Waals surface area contributed by atoms with Gasteiger partial charge in [0.1, 0.15) is 18.0 Å². The standard InChI is InChI=1S/C33H39ClN6O7/c1-20(17-35-21(2)41)40-31(43)26(25-6-5-7-28(47-4)30(25)34)18-38(33(40)45)19-29(42)37-13-11-23(12-14-37)39-15-10-22-16-24(46-3)8-9-27(22)36-32(39)44/h5-9,16,18,20,23H,10-15,17,19H2,1-4H3,(H,35,41)(H,36,44)/t20-/m0/s1. The van der Waals surface area contributed by atoms with Crippen LogP contribution in [0.4, 0.5) is 10.5 Å². The monoisotopic (exact) mass is 666 g/mol. The number of fused-ring (bicyclic) bond motifs is 1. The van der Waals surface area contributed by atoms with Gasteiger partial charge in [-0.1, -0.05) is 23.7 Å². The molecule has 2 aromatic carbocycles. The summed E-state index contributed by atoms with van der Waals surface area (Å²) in [6, 6.07) is 9.60. The van der Waals surface area contributed by atoms with Crippen LogP contribution in [0.1, 0.15) is 38.3 Å². The largest absolute Gasteiger partial charge is 0.497 e. The number of likely N-dealkylation sites (tertiary alicyclic amines) is 1. The lowest BCUT2D eigenvalue weighted by Gasteiger charge is -2.38. The van der Waals surface area contributed by atoms with Gasteiger partial charge < -0.3 is 29.9 Å². The predicted octanol–water partition coefficient (Wildman–Crippen LogP) is 3.13. The minimum atomic E-state index is -0.715. The molecule has 3 aromatic rings. The Bertz CT molecular complexity index is 1800. The minimum absolute atomic E-state index is 0.0317. The quantitative estimate of drug-likeness (QED) is 0.357. The number of carbonyl (C=O) groups excluding carboxylic acids is 3. The zero-order chi connectivity index (χ0) is 33.8. The highest BCUT2D eigenvalue weighted by molar-refractivity contribution is 6.34. The van der Waals surface area contributed by atoms with Crippen LogP contribution >= 0.6 is 11.6 Å². The smallest absolute Gasteiger partial charge is 0.331 e. The summed E-state index contributed by atoms with van der Waals surface area (Å²) < 4.78 is 12.9. The van der Waals surface area contributed by atoms with Gasteiger partial charge in [0.15, 0.2) is 0 Å². The van der Waals surface area contributed by atoms with Gasteiger partial charge in [0, 0.05) is 56.6 Å². The first-order valence-electron chi connectivity index (χ1n) is 15.5. The molecule has 0 radical (unpaired) electrons. The van der Waals surface area contributed by atoms with E-state index in [0.29, 0.717) is 50.2 Å². The van der Waals surface area contributed by atoms with Gasteiger partial charge in [0.25, 0.3) is 5.56 Å². The van der Waals surface area contributed by atoms with E-state index in [-0.39, 0.29) is 47.6 Å². The molecule has 0 unspecified atom stereocenters. The van der Waals surface area contributed by atoms with Crippen molar-refractivity contribution in [2.45, 2.75) is 51.7 Å². The van der Waals surface area contributed by atoms with E-state index in [0.717, 1.165) is 21.6 Å². The van der Waals surface area contributed by atoms with Gasteiger partial charge in [-0.15, -0.1) is 0 Å². The second-order valence-electron chi connectivity index (χ2n) is 11.7. The van der Waals surface area contributed by atoms with Crippen LogP contribution in [0.5, 0.6) is 11.5 Å². The molecule has 14 heteroatoms. The maximum absolute atomic E-state index is 13.7. The number of nitrogens with one attached hydrogen (secondary N) is 2. The van der Waals surface area contributed by atoms with Gasteiger partial charge in [-0.2, -0.15) is 0 Å². The normalized spacial score (nSPS) is 15.7. The molecule has 4 amide bonds. The lowest BCUT2D eigenvalue weighted by Crippen LogP contribution is -2.51. The Hall–Kier alpha value is -4.78. The Morgan fingerprint density at radius 2 is 1.79 bits per heavy atom. The maximum atomic E-state index is 13.7. The predicted molar refractivity (Wildman–Crippen MR) is 177 cm³/mol. The molecule has 1 aromatic heterocycles. The summed E-state index contributed by atoms with van der Waals surface area (Å²) in [5.41, 5.74) is 0.926. The third kappa shape index (κ3) is 7.14. The van der Waals surface area contributed by atoms with Crippen LogP contribution in [0.15, 0.2) is 52.2 Å². The molecule has 2 aliphatic rings. The van der Waals surface area contributed by atoms with Crippen LogP contribution in [-0.2, 0) is 22.6 Å². The third-order valence-corrected chi connectivity index (χ3v) is 9.14. The number of amides is 4. The fourth-order valence-electron chi connectivity index (χ4n) is 6.14. The second-order valence-corrected chi connectivity index (χ2v) is 12.1. The molecule has 250 valence electrons. The number of urea groups is 1. The fourth-order valence-corrected chi connectivity index (χ4v) is 6.45. The van der Waals surface area contributed by atoms with E-state index in [4.69, 9.17) is 21.1 Å². The number of ether oxygens (including phenoxy) is 2. The number of halogens is 1. The number of hydrogen-bond acceptors (Lipinski definition) is 7. The van der Waals surface area contributed by atoms with E-state index in [2.05, 4.69) is 10.6 Å². The second kappa shape index (κ2) is 14.3. The van der Waals surface area contributed by atoms with Crippen LogP contribution in [0.25, 0.3) is 11.1 Å². The van der Waals surface area contributed by atoms with E-state index in [1.807, 2.05) is 23.1 Å². The first-order valence-corrected chi connectivity index (χ1v) is 15.9. The van der Waals surface area contributed by atoms with Crippen molar-refractivity contribution in [1.29, 1.82) is 0 Å². The Kier molecular flexibility index (Phi) is 10.2. The first kappa shape index (κ1) is 33.6. The molecule has 13 nitrogen and oxygen atoms in total. The van der Waals surface area contributed by atoms with Crippen LogP contribution < -0.4 is 31.4 Å². The summed E-state index contributed by atoms with van der Waals surface area (Å²) in [5.74, 6) is 0.472. The molecule has 1 fully saturated rings. The Balaban J connectivity index is 1.35. The van der Waals surface area contributed by atoms with E-state index >= 15 is 0 Å². The van der Waals surface area contributed by atoms with Crippen molar-refractivity contribution >= 4 is 35.1 Å². The summed E-state index contributed by atoms with van der Waals surface area (Å²) in [6.45, 7) is 4.04. The molecule has 0 saturated carbocycles. The van der Waals surface area contributed by atoms with Crippen LogP contribution in [-0.4, -0.2) is 83.2 Å². The molecular weight excluding hydrogens is 628 g/mol. The molecule has 5 rings (SSSR count). The molecule has 0 spiro atoms. The number of methoxy groups -OCH3 is 2. The number of hydrogen-bond donors (Lipinski definition) is 2. The summed E-state index contributed by atoms with van der Waals surface area (Å²) in [4.78, 5) is 69.2. The summed E-state index contributed by atoms with van der Waals surface area (Å²) in [5, 5.41) is 5.83. The molecule has 1 saturated heterocycles.